The molecule has 2 N–H and O–H groups in total. The minimum absolute atomic E-state index is 0.105. The quantitative estimate of drug-likeness (QED) is 0.880. The number of hydrogen-bond donors (Lipinski definition) is 2. The van der Waals surface area contributed by atoms with Gasteiger partial charge in [0.2, 0.25) is 11.8 Å². The van der Waals surface area contributed by atoms with Crippen LogP contribution >= 0.6 is 0 Å². The van der Waals surface area contributed by atoms with Gasteiger partial charge >= 0.3 is 0 Å². The van der Waals surface area contributed by atoms with Crippen molar-refractivity contribution in [3.05, 3.63) is 18.2 Å². The summed E-state index contributed by atoms with van der Waals surface area (Å²) in [6.45, 7) is 9.09. The number of pyridine rings is 1. The minimum Gasteiger partial charge on any atom is -0.310 e. The van der Waals surface area contributed by atoms with Crippen molar-refractivity contribution in [3.63, 3.8) is 0 Å². The molecule has 0 saturated carbocycles. The predicted molar refractivity (Wildman–Crippen MR) is 75.8 cm³/mol. The van der Waals surface area contributed by atoms with Crippen LogP contribution in [0.1, 0.15) is 34.6 Å². The predicted octanol–water partition coefficient (Wildman–Crippen LogP) is 2.66. The Morgan fingerprint density at radius 1 is 1.11 bits per heavy atom. The summed E-state index contributed by atoms with van der Waals surface area (Å²) in [7, 11) is 0. The van der Waals surface area contributed by atoms with Crippen LogP contribution in [0.25, 0.3) is 0 Å². The van der Waals surface area contributed by atoms with Crippen molar-refractivity contribution in [3.8, 4) is 0 Å². The maximum absolute atomic E-state index is 11.8. The first-order valence-corrected chi connectivity index (χ1v) is 6.29. The second kappa shape index (κ2) is 5.82. The third-order valence-electron chi connectivity index (χ3n) is 2.45. The molecule has 0 aromatic carbocycles. The van der Waals surface area contributed by atoms with Crippen LogP contribution in [0.4, 0.5) is 11.6 Å². The zero-order chi connectivity index (χ0) is 14.6. The largest absolute Gasteiger partial charge is 0.310 e. The molecule has 5 heteroatoms. The van der Waals surface area contributed by atoms with E-state index in [2.05, 4.69) is 15.6 Å². The molecule has 2 amide bonds. The molecule has 1 aromatic heterocycles. The monoisotopic (exact) mass is 263 g/mol. The second-order valence-electron chi connectivity index (χ2n) is 5.76. The van der Waals surface area contributed by atoms with E-state index in [0.717, 1.165) is 0 Å². The van der Waals surface area contributed by atoms with Gasteiger partial charge in [0.1, 0.15) is 11.6 Å². The summed E-state index contributed by atoms with van der Waals surface area (Å²) < 4.78 is 0. The Morgan fingerprint density at radius 3 is 2.11 bits per heavy atom. The lowest BCUT2D eigenvalue weighted by atomic mass is 9.96. The molecule has 1 rings (SSSR count). The van der Waals surface area contributed by atoms with Crippen molar-refractivity contribution >= 4 is 23.5 Å². The van der Waals surface area contributed by atoms with Crippen LogP contribution in [-0.2, 0) is 9.59 Å². The Morgan fingerprint density at radius 2 is 1.63 bits per heavy atom. The van der Waals surface area contributed by atoms with Crippen molar-refractivity contribution in [2.45, 2.75) is 34.6 Å². The van der Waals surface area contributed by atoms with Crippen molar-refractivity contribution < 1.29 is 9.59 Å². The molecule has 5 nitrogen and oxygen atoms in total. The first-order chi connectivity index (χ1) is 8.70. The number of aromatic nitrogens is 1. The normalized spacial score (nSPS) is 11.3. The third-order valence-corrected chi connectivity index (χ3v) is 2.45. The number of carbonyl (C=O) groups is 2. The van der Waals surface area contributed by atoms with Crippen LogP contribution in [0.3, 0.4) is 0 Å². The SMILES string of the molecule is CC(C)C(=O)Nc1cccc(NC(=O)C(C)(C)C)n1. The number of amides is 2. The fourth-order valence-electron chi connectivity index (χ4n) is 1.15. The summed E-state index contributed by atoms with van der Waals surface area (Å²) in [5.74, 6) is 0.528. The Labute approximate surface area is 113 Å². The summed E-state index contributed by atoms with van der Waals surface area (Å²) in [5.41, 5.74) is -0.487. The maximum Gasteiger partial charge on any atom is 0.230 e. The average Bonchev–Trinajstić information content (AvgIpc) is 2.27. The average molecular weight is 263 g/mol. The van der Waals surface area contributed by atoms with Gasteiger partial charge in [-0.2, -0.15) is 0 Å². The fraction of sp³-hybridized carbons (Fsp3) is 0.500. The Hall–Kier alpha value is -1.91. The zero-order valence-corrected chi connectivity index (χ0v) is 12.1. The van der Waals surface area contributed by atoms with Gasteiger partial charge in [0.15, 0.2) is 0 Å². The van der Waals surface area contributed by atoms with E-state index in [-0.39, 0.29) is 17.7 Å². The van der Waals surface area contributed by atoms with Crippen LogP contribution in [0.15, 0.2) is 18.2 Å². The Bertz CT molecular complexity index is 476. The molecule has 0 aliphatic heterocycles. The lowest BCUT2D eigenvalue weighted by Gasteiger charge is -2.17. The van der Waals surface area contributed by atoms with Crippen molar-refractivity contribution in [2.24, 2.45) is 11.3 Å². The van der Waals surface area contributed by atoms with Crippen molar-refractivity contribution in [1.82, 2.24) is 4.98 Å². The molecule has 1 aromatic rings. The summed E-state index contributed by atoms with van der Waals surface area (Å²) in [6, 6.07) is 5.11. The molecule has 0 atom stereocenters. The number of nitrogens with zero attached hydrogens (tertiary/aromatic N) is 1. The molecule has 0 radical (unpaired) electrons. The fourth-order valence-corrected chi connectivity index (χ4v) is 1.15. The van der Waals surface area contributed by atoms with Gasteiger partial charge < -0.3 is 10.6 Å². The Balaban J connectivity index is 2.78. The summed E-state index contributed by atoms with van der Waals surface area (Å²) >= 11 is 0. The number of hydrogen-bond acceptors (Lipinski definition) is 3. The van der Waals surface area contributed by atoms with Gasteiger partial charge in [-0.1, -0.05) is 40.7 Å². The van der Waals surface area contributed by atoms with E-state index in [1.807, 2.05) is 20.8 Å². The first-order valence-electron chi connectivity index (χ1n) is 6.29. The highest BCUT2D eigenvalue weighted by atomic mass is 16.2. The first kappa shape index (κ1) is 15.1. The molecule has 0 aliphatic carbocycles. The van der Waals surface area contributed by atoms with Gasteiger partial charge in [0.05, 0.1) is 0 Å². The topological polar surface area (TPSA) is 71.1 Å². The molecular weight excluding hydrogens is 242 g/mol. The van der Waals surface area contributed by atoms with E-state index in [1.54, 1.807) is 32.0 Å². The molecule has 0 spiro atoms. The lowest BCUT2D eigenvalue weighted by Crippen LogP contribution is -2.28. The van der Waals surface area contributed by atoms with E-state index < -0.39 is 5.41 Å². The van der Waals surface area contributed by atoms with Gasteiger partial charge in [-0.3, -0.25) is 9.59 Å². The van der Waals surface area contributed by atoms with Gasteiger partial charge in [0, 0.05) is 11.3 Å². The van der Waals surface area contributed by atoms with Gasteiger partial charge in [-0.05, 0) is 12.1 Å². The van der Waals surface area contributed by atoms with Crippen LogP contribution in [0.5, 0.6) is 0 Å². The summed E-state index contributed by atoms with van der Waals surface area (Å²) in [6.07, 6.45) is 0. The third kappa shape index (κ3) is 4.69. The minimum atomic E-state index is -0.487. The maximum atomic E-state index is 11.8. The lowest BCUT2D eigenvalue weighted by molar-refractivity contribution is -0.123. The molecule has 0 bridgehead atoms. The smallest absolute Gasteiger partial charge is 0.230 e. The highest BCUT2D eigenvalue weighted by Gasteiger charge is 2.21. The zero-order valence-electron chi connectivity index (χ0n) is 12.1. The molecule has 19 heavy (non-hydrogen) atoms. The van der Waals surface area contributed by atoms with Crippen LogP contribution in [0, 0.1) is 11.3 Å². The molecule has 1 heterocycles. The van der Waals surface area contributed by atoms with Crippen LogP contribution in [0.2, 0.25) is 0 Å². The highest BCUT2D eigenvalue weighted by Crippen LogP contribution is 2.17. The standard InChI is InChI=1S/C14H21N3O2/c1-9(2)12(18)16-10-7-6-8-11(15-10)17-13(19)14(3,4)5/h6-9H,1-5H3,(H2,15,16,17,18,19). The highest BCUT2D eigenvalue weighted by molar-refractivity contribution is 5.94. The van der Waals surface area contributed by atoms with Crippen molar-refractivity contribution in [1.29, 1.82) is 0 Å². The van der Waals surface area contributed by atoms with Gasteiger partial charge in [-0.25, -0.2) is 4.98 Å². The number of rotatable bonds is 3. The van der Waals surface area contributed by atoms with E-state index >= 15 is 0 Å². The number of carbonyl (C=O) groups excluding carboxylic acids is 2. The molecule has 0 saturated heterocycles. The van der Waals surface area contributed by atoms with Crippen LogP contribution in [-0.4, -0.2) is 16.8 Å². The van der Waals surface area contributed by atoms with E-state index in [9.17, 15) is 9.59 Å². The Kier molecular flexibility index (Phi) is 4.64. The molecule has 0 aliphatic rings. The summed E-state index contributed by atoms with van der Waals surface area (Å²) in [5, 5.41) is 5.42. The molecule has 0 unspecified atom stereocenters. The van der Waals surface area contributed by atoms with E-state index in [0.29, 0.717) is 11.6 Å². The number of nitrogens with one attached hydrogen (secondary N) is 2. The molecule has 0 fully saturated rings. The van der Waals surface area contributed by atoms with Crippen LogP contribution < -0.4 is 10.6 Å². The van der Waals surface area contributed by atoms with E-state index in [1.165, 1.54) is 0 Å². The molecule has 104 valence electrons. The second-order valence-corrected chi connectivity index (χ2v) is 5.76. The molecular formula is C14H21N3O2. The summed E-state index contributed by atoms with van der Waals surface area (Å²) in [4.78, 5) is 27.6. The van der Waals surface area contributed by atoms with Gasteiger partial charge in [0.25, 0.3) is 0 Å². The van der Waals surface area contributed by atoms with Gasteiger partial charge in [-0.15, -0.1) is 0 Å². The van der Waals surface area contributed by atoms with E-state index in [4.69, 9.17) is 0 Å². The van der Waals surface area contributed by atoms with Crippen molar-refractivity contribution in [2.75, 3.05) is 10.6 Å². The number of anilines is 2.